The van der Waals surface area contributed by atoms with Gasteiger partial charge in [0.15, 0.2) is 11.5 Å². The second kappa shape index (κ2) is 28.1. The first kappa shape index (κ1) is 55.1. The summed E-state index contributed by atoms with van der Waals surface area (Å²) in [4.78, 5) is 35.2. The third kappa shape index (κ3) is 14.0. The first-order valence-corrected chi connectivity index (χ1v) is 27.7. The highest BCUT2D eigenvalue weighted by molar-refractivity contribution is 6.03. The Hall–Kier alpha value is -6.15. The Balaban J connectivity index is 1.24. The summed E-state index contributed by atoms with van der Waals surface area (Å²) in [5, 5.41) is 25.2. The first-order valence-electron chi connectivity index (χ1n) is 27.7. The van der Waals surface area contributed by atoms with E-state index in [-0.39, 0.29) is 70.5 Å². The van der Waals surface area contributed by atoms with Gasteiger partial charge in [-0.1, -0.05) is 143 Å². The molecule has 13 heteroatoms. The molecule has 6 unspecified atom stereocenters. The molecule has 6 atom stereocenters. The molecule has 0 spiro atoms. The number of unbranched alkanes of at least 4 members (excludes halogenated alkanes) is 11. The molecule has 1 fully saturated rings. The molecule has 4 aromatic carbocycles. The van der Waals surface area contributed by atoms with E-state index in [1.54, 1.807) is 29.2 Å². The zero-order valence-electron chi connectivity index (χ0n) is 43.9. The van der Waals surface area contributed by atoms with E-state index in [0.717, 1.165) is 79.9 Å². The van der Waals surface area contributed by atoms with Crippen LogP contribution in [-0.4, -0.2) is 78.3 Å². The van der Waals surface area contributed by atoms with Gasteiger partial charge in [-0.2, -0.15) is 0 Å². The highest BCUT2D eigenvalue weighted by Gasteiger charge is 2.66. The van der Waals surface area contributed by atoms with Crippen molar-refractivity contribution in [3.05, 3.63) is 138 Å². The van der Waals surface area contributed by atoms with Crippen LogP contribution in [0.1, 0.15) is 149 Å². The van der Waals surface area contributed by atoms with Crippen LogP contribution in [0, 0.1) is 17.8 Å². The van der Waals surface area contributed by atoms with Crippen molar-refractivity contribution in [1.82, 2.24) is 4.90 Å². The Morgan fingerprint density at radius 1 is 0.787 bits per heavy atom. The maximum absolute atomic E-state index is 15.3. The molecule has 0 aromatic heterocycles. The Labute approximate surface area is 443 Å². The van der Waals surface area contributed by atoms with Crippen LogP contribution >= 0.6 is 0 Å². The van der Waals surface area contributed by atoms with Gasteiger partial charge in [0.05, 0.1) is 24.8 Å². The zero-order chi connectivity index (χ0) is 52.2. The van der Waals surface area contributed by atoms with Crippen molar-refractivity contribution in [2.24, 2.45) is 22.9 Å². The van der Waals surface area contributed by atoms with Crippen LogP contribution in [0.2, 0.25) is 0 Å². The second-order valence-electron chi connectivity index (χ2n) is 20.4. The number of hydrogen-bond donors (Lipinski definition) is 2. The van der Waals surface area contributed by atoms with E-state index in [9.17, 15) is 15.0 Å². The van der Waals surface area contributed by atoms with E-state index in [1.165, 1.54) is 38.5 Å². The van der Waals surface area contributed by atoms with Crippen LogP contribution in [0.15, 0.2) is 120 Å². The number of aliphatic hydroxyl groups is 2. The van der Waals surface area contributed by atoms with E-state index >= 15 is 4.79 Å². The van der Waals surface area contributed by atoms with E-state index in [0.29, 0.717) is 52.9 Å². The molecule has 4 aromatic rings. The number of ether oxygens (including phenoxy) is 6. The molecular formula is C62H78N2O11. The number of carbonyl (C=O) groups is 2. The lowest BCUT2D eigenvalue weighted by atomic mass is 9.55. The number of benzene rings is 4. The number of aliphatic hydroxyl groups excluding tert-OH is 2. The number of fused-ring (bicyclic) bond motifs is 3. The van der Waals surface area contributed by atoms with Crippen molar-refractivity contribution in [2.75, 3.05) is 33.2 Å². The van der Waals surface area contributed by atoms with Crippen molar-refractivity contribution in [1.29, 1.82) is 0 Å². The molecule has 1 saturated carbocycles. The smallest absolute Gasteiger partial charge is 0.410 e. The third-order valence-corrected chi connectivity index (χ3v) is 15.2. The Bertz CT molecular complexity index is 2530. The van der Waals surface area contributed by atoms with E-state index in [1.807, 2.05) is 72.8 Å². The van der Waals surface area contributed by atoms with E-state index in [4.69, 9.17) is 38.4 Å². The summed E-state index contributed by atoms with van der Waals surface area (Å²) in [5.41, 5.74) is 4.75. The van der Waals surface area contributed by atoms with Gasteiger partial charge in [0.1, 0.15) is 36.2 Å². The summed E-state index contributed by atoms with van der Waals surface area (Å²) in [6, 6.07) is 27.7. The second-order valence-corrected chi connectivity index (χ2v) is 20.4. The van der Waals surface area contributed by atoms with Gasteiger partial charge in [0.25, 0.3) is 0 Å². The molecule has 0 bridgehead atoms. The van der Waals surface area contributed by atoms with Gasteiger partial charge < -0.3 is 43.5 Å². The number of allylic oxidation sites excluding steroid dienone is 1. The zero-order valence-corrected chi connectivity index (χ0v) is 43.9. The molecular weight excluding hydrogens is 949 g/mol. The first-order chi connectivity index (χ1) is 36.9. The summed E-state index contributed by atoms with van der Waals surface area (Å²) in [6.45, 7) is 7.32. The van der Waals surface area contributed by atoms with Crippen molar-refractivity contribution in [3.8, 4) is 28.7 Å². The molecule has 2 heterocycles. The average Bonchev–Trinajstić information content (AvgIpc) is 3.98. The van der Waals surface area contributed by atoms with Crippen LogP contribution in [0.3, 0.4) is 0 Å². The number of aldehydes is 1. The van der Waals surface area contributed by atoms with Crippen molar-refractivity contribution >= 4 is 18.1 Å². The molecule has 13 nitrogen and oxygen atoms in total. The van der Waals surface area contributed by atoms with E-state index < -0.39 is 23.8 Å². The van der Waals surface area contributed by atoms with Gasteiger partial charge >= 0.3 is 6.09 Å². The minimum atomic E-state index is -1.52. The maximum atomic E-state index is 15.3. The summed E-state index contributed by atoms with van der Waals surface area (Å²) < 4.78 is 39.2. The number of nitrogens with zero attached hydrogens (tertiary/aromatic N) is 2. The minimum absolute atomic E-state index is 0.0113. The third-order valence-electron chi connectivity index (χ3n) is 15.2. The van der Waals surface area contributed by atoms with Crippen LogP contribution in [0.25, 0.3) is 0 Å². The molecule has 75 heavy (non-hydrogen) atoms. The van der Waals surface area contributed by atoms with E-state index in [2.05, 4.69) is 19.6 Å². The fourth-order valence-corrected chi connectivity index (χ4v) is 11.6. The summed E-state index contributed by atoms with van der Waals surface area (Å²) in [6.07, 6.45) is 20.5. The lowest BCUT2D eigenvalue weighted by Crippen LogP contribution is -2.70. The molecule has 1 amide bonds. The van der Waals surface area contributed by atoms with Crippen molar-refractivity contribution in [3.63, 3.8) is 0 Å². The predicted molar refractivity (Wildman–Crippen MR) is 289 cm³/mol. The minimum Gasteiger partial charge on any atom is -0.459 e. The van der Waals surface area contributed by atoms with Gasteiger partial charge in [-0.15, -0.1) is 6.58 Å². The standard InChI is InChI=1S/C62H78N2O11/c1-3-5-6-7-8-9-10-11-12-20-35-69-61(68)64(41-46-28-30-56-57(37-46)71-44-70-56)58-40-54(63-73-43-45-22-14-13-15-23-45)52-38-48(25-16-18-32-65)51(27-17-19-33-66)59-53-39-50(74-49-26-21-24-47(36-49)42-67)29-31-55(53)75-62(58,60(52)59)72-34-4-2/h4,13-15,21-24,26,28-31,36-39,42,48,51,58-60,65-66H,2-3,5-12,16-20,25,27,32-35,40-41,43-44H2,1H3. The molecule has 0 saturated heterocycles. The molecule has 2 aliphatic heterocycles. The topological polar surface area (TPSA) is 155 Å². The molecule has 4 aliphatic rings. The van der Waals surface area contributed by atoms with Crippen molar-refractivity contribution in [2.45, 2.75) is 147 Å². The molecule has 402 valence electrons. The highest BCUT2D eigenvalue weighted by atomic mass is 16.7. The quantitative estimate of drug-likeness (QED) is 0.0214. The van der Waals surface area contributed by atoms with Gasteiger partial charge in [0, 0.05) is 43.2 Å². The van der Waals surface area contributed by atoms with Gasteiger partial charge in [-0.3, -0.25) is 9.69 Å². The Morgan fingerprint density at radius 3 is 2.28 bits per heavy atom. The molecule has 8 rings (SSSR count). The fourth-order valence-electron chi connectivity index (χ4n) is 11.6. The molecule has 2 N–H and O–H groups in total. The number of amides is 1. The Kier molecular flexibility index (Phi) is 20.7. The van der Waals surface area contributed by atoms with Crippen LogP contribution in [0.5, 0.6) is 28.7 Å². The number of rotatable bonds is 31. The Morgan fingerprint density at radius 2 is 1.52 bits per heavy atom. The van der Waals surface area contributed by atoms with Gasteiger partial charge in [-0.25, -0.2) is 4.79 Å². The monoisotopic (exact) mass is 1030 g/mol. The van der Waals surface area contributed by atoms with Gasteiger partial charge in [-0.05, 0) is 103 Å². The summed E-state index contributed by atoms with van der Waals surface area (Å²) in [5.74, 6) is 0.541. The summed E-state index contributed by atoms with van der Waals surface area (Å²) >= 11 is 0. The van der Waals surface area contributed by atoms with Gasteiger partial charge in [0.2, 0.25) is 12.6 Å². The number of oxime groups is 1. The van der Waals surface area contributed by atoms with Crippen LogP contribution < -0.4 is 18.9 Å². The van der Waals surface area contributed by atoms with Crippen molar-refractivity contribution < 1.29 is 53.1 Å². The normalized spacial score (nSPS) is 21.6. The molecule has 2 aliphatic carbocycles. The van der Waals surface area contributed by atoms with Crippen LogP contribution in [0.4, 0.5) is 4.79 Å². The lowest BCUT2D eigenvalue weighted by Gasteiger charge is -2.59. The largest absolute Gasteiger partial charge is 0.459 e. The number of carbonyl (C=O) groups excluding carboxylic acids is 2. The number of hydrogen-bond acceptors (Lipinski definition) is 12. The average molecular weight is 1030 g/mol. The van der Waals surface area contributed by atoms with Crippen LogP contribution in [-0.2, 0) is 27.5 Å². The fraction of sp³-hybridized carbons (Fsp3) is 0.500. The maximum Gasteiger partial charge on any atom is 0.410 e. The molecule has 0 radical (unpaired) electrons. The SMILES string of the molecule is C=CCOC12Oc3ccc(Oc4cccc(C=O)c4)cc3C3C(CCCCO)C(CCCCO)C=C(C(=NOCc4ccccc4)CC1N(Cc1ccc4c(c1)OCO4)C(=O)OCCCCCCCCCCCC)C32. The lowest BCUT2D eigenvalue weighted by molar-refractivity contribution is -0.256. The summed E-state index contributed by atoms with van der Waals surface area (Å²) in [7, 11) is 0. The highest BCUT2D eigenvalue weighted by Crippen LogP contribution is 2.62. The predicted octanol–water partition coefficient (Wildman–Crippen LogP) is 13.4.